The van der Waals surface area contributed by atoms with E-state index in [1.165, 1.54) is 12.8 Å². The SMILES string of the molecule is COc1ncccc1CN1CC[C@](O)(c2ccccc2)[C@H](N2CCCC2)C1. The van der Waals surface area contributed by atoms with Gasteiger partial charge in [-0.25, -0.2) is 4.98 Å². The molecule has 144 valence electrons. The number of methoxy groups -OCH3 is 1. The molecule has 0 bridgehead atoms. The number of ether oxygens (including phenoxy) is 1. The molecule has 1 aromatic heterocycles. The number of aliphatic hydroxyl groups is 1. The summed E-state index contributed by atoms with van der Waals surface area (Å²) in [7, 11) is 1.67. The van der Waals surface area contributed by atoms with Crippen LogP contribution in [-0.4, -0.2) is 59.2 Å². The highest BCUT2D eigenvalue weighted by Crippen LogP contribution is 2.38. The van der Waals surface area contributed by atoms with Crippen molar-refractivity contribution in [3.8, 4) is 5.88 Å². The van der Waals surface area contributed by atoms with Gasteiger partial charge in [0, 0.05) is 31.4 Å². The van der Waals surface area contributed by atoms with Gasteiger partial charge in [0.1, 0.15) is 5.60 Å². The van der Waals surface area contributed by atoms with Gasteiger partial charge < -0.3 is 9.84 Å². The van der Waals surface area contributed by atoms with Crippen LogP contribution >= 0.6 is 0 Å². The summed E-state index contributed by atoms with van der Waals surface area (Å²) in [5.41, 5.74) is 1.35. The molecule has 2 fully saturated rings. The largest absolute Gasteiger partial charge is 0.481 e. The Morgan fingerprint density at radius 1 is 1.11 bits per heavy atom. The lowest BCUT2D eigenvalue weighted by Crippen LogP contribution is -2.60. The van der Waals surface area contributed by atoms with E-state index in [-0.39, 0.29) is 6.04 Å². The smallest absolute Gasteiger partial charge is 0.217 e. The molecule has 1 aromatic carbocycles. The number of pyridine rings is 1. The highest BCUT2D eigenvalue weighted by molar-refractivity contribution is 5.28. The van der Waals surface area contributed by atoms with Crippen LogP contribution in [0.4, 0.5) is 0 Å². The molecule has 0 aliphatic carbocycles. The number of nitrogens with zero attached hydrogens (tertiary/aromatic N) is 3. The lowest BCUT2D eigenvalue weighted by molar-refractivity contribution is -0.0960. The second-order valence-electron chi connectivity index (χ2n) is 7.71. The van der Waals surface area contributed by atoms with Gasteiger partial charge >= 0.3 is 0 Å². The van der Waals surface area contributed by atoms with Gasteiger partial charge in [-0.15, -0.1) is 0 Å². The minimum Gasteiger partial charge on any atom is -0.481 e. The highest BCUT2D eigenvalue weighted by Gasteiger charge is 2.46. The lowest BCUT2D eigenvalue weighted by atomic mass is 9.79. The fourth-order valence-electron chi connectivity index (χ4n) is 4.63. The van der Waals surface area contributed by atoms with Gasteiger partial charge in [-0.1, -0.05) is 36.4 Å². The van der Waals surface area contributed by atoms with E-state index in [0.717, 1.165) is 50.3 Å². The summed E-state index contributed by atoms with van der Waals surface area (Å²) in [6, 6.07) is 14.4. The van der Waals surface area contributed by atoms with Crippen LogP contribution in [0.5, 0.6) is 5.88 Å². The Morgan fingerprint density at radius 2 is 1.89 bits per heavy atom. The van der Waals surface area contributed by atoms with Crippen LogP contribution in [-0.2, 0) is 12.1 Å². The van der Waals surface area contributed by atoms with Crippen molar-refractivity contribution in [3.63, 3.8) is 0 Å². The zero-order valence-corrected chi connectivity index (χ0v) is 16.1. The molecule has 5 heteroatoms. The van der Waals surface area contributed by atoms with Gasteiger partial charge in [0.05, 0.1) is 13.2 Å². The molecule has 0 saturated carbocycles. The molecule has 3 heterocycles. The summed E-state index contributed by atoms with van der Waals surface area (Å²) >= 11 is 0. The standard InChI is InChI=1S/C22H29N3O2/c1-27-21-18(8-7-12-23-21)16-24-15-11-22(26,19-9-3-2-4-10-19)20(17-24)25-13-5-6-14-25/h2-4,7-10,12,20,26H,5-6,11,13-17H2,1H3/t20-,22+/m1/s1. The fraction of sp³-hybridized carbons (Fsp3) is 0.500. The third kappa shape index (κ3) is 3.72. The molecule has 4 rings (SSSR count). The molecule has 2 saturated heterocycles. The maximum absolute atomic E-state index is 11.7. The van der Waals surface area contributed by atoms with Crippen LogP contribution in [0.2, 0.25) is 0 Å². The first-order valence-electron chi connectivity index (χ1n) is 9.93. The first kappa shape index (κ1) is 18.4. The molecule has 2 aromatic rings. The van der Waals surface area contributed by atoms with Crippen LogP contribution < -0.4 is 4.74 Å². The van der Waals surface area contributed by atoms with E-state index < -0.39 is 5.60 Å². The van der Waals surface area contributed by atoms with E-state index in [2.05, 4.69) is 33.0 Å². The van der Waals surface area contributed by atoms with Gasteiger partial charge in [0.25, 0.3) is 0 Å². The maximum atomic E-state index is 11.7. The normalized spacial score (nSPS) is 27.0. The summed E-state index contributed by atoms with van der Waals surface area (Å²) in [6.07, 6.45) is 4.94. The quantitative estimate of drug-likeness (QED) is 0.880. The van der Waals surface area contributed by atoms with Crippen molar-refractivity contribution < 1.29 is 9.84 Å². The molecular weight excluding hydrogens is 338 g/mol. The first-order chi connectivity index (χ1) is 13.2. The van der Waals surface area contributed by atoms with Gasteiger partial charge in [-0.05, 0) is 44.0 Å². The second kappa shape index (κ2) is 7.97. The molecule has 2 aliphatic heterocycles. The summed E-state index contributed by atoms with van der Waals surface area (Å²) in [5, 5.41) is 11.7. The van der Waals surface area contributed by atoms with Crippen LogP contribution in [0.15, 0.2) is 48.7 Å². The third-order valence-corrected chi connectivity index (χ3v) is 6.08. The predicted molar refractivity (Wildman–Crippen MR) is 106 cm³/mol. The molecule has 1 N–H and O–H groups in total. The van der Waals surface area contributed by atoms with Gasteiger partial charge in [0.15, 0.2) is 0 Å². The van der Waals surface area contributed by atoms with Crippen molar-refractivity contribution in [1.82, 2.24) is 14.8 Å². The van der Waals surface area contributed by atoms with E-state index in [1.54, 1.807) is 13.3 Å². The molecule has 2 atom stereocenters. The monoisotopic (exact) mass is 367 g/mol. The zero-order chi connectivity index (χ0) is 18.7. The summed E-state index contributed by atoms with van der Waals surface area (Å²) in [6.45, 7) is 4.65. The Labute approximate surface area is 161 Å². The number of benzene rings is 1. The Kier molecular flexibility index (Phi) is 5.43. The Balaban J connectivity index is 1.57. The minimum absolute atomic E-state index is 0.110. The topological polar surface area (TPSA) is 48.8 Å². The van der Waals surface area contributed by atoms with Crippen LogP contribution in [0.3, 0.4) is 0 Å². The molecule has 0 radical (unpaired) electrons. The van der Waals surface area contributed by atoms with E-state index in [4.69, 9.17) is 4.74 Å². The Hall–Kier alpha value is -1.95. The molecule has 27 heavy (non-hydrogen) atoms. The number of likely N-dealkylation sites (tertiary alicyclic amines) is 2. The van der Waals surface area contributed by atoms with Crippen LogP contribution in [0, 0.1) is 0 Å². The average Bonchev–Trinajstić information content (AvgIpc) is 3.25. The van der Waals surface area contributed by atoms with Crippen molar-refractivity contribution in [3.05, 3.63) is 59.8 Å². The van der Waals surface area contributed by atoms with Crippen molar-refractivity contribution >= 4 is 0 Å². The number of piperidine rings is 1. The van der Waals surface area contributed by atoms with Crippen molar-refractivity contribution in [1.29, 1.82) is 0 Å². The van der Waals surface area contributed by atoms with E-state index in [0.29, 0.717) is 5.88 Å². The maximum Gasteiger partial charge on any atom is 0.217 e. The molecule has 0 spiro atoms. The molecular formula is C22H29N3O2. The molecule has 5 nitrogen and oxygen atoms in total. The first-order valence-corrected chi connectivity index (χ1v) is 9.93. The van der Waals surface area contributed by atoms with Gasteiger partial charge in [0.2, 0.25) is 5.88 Å². The third-order valence-electron chi connectivity index (χ3n) is 6.08. The van der Waals surface area contributed by atoms with Crippen LogP contribution in [0.1, 0.15) is 30.4 Å². The molecule has 0 unspecified atom stereocenters. The Bertz CT molecular complexity index is 748. The second-order valence-corrected chi connectivity index (χ2v) is 7.71. The Morgan fingerprint density at radius 3 is 2.63 bits per heavy atom. The highest BCUT2D eigenvalue weighted by atomic mass is 16.5. The molecule has 2 aliphatic rings. The van der Waals surface area contributed by atoms with E-state index in [9.17, 15) is 5.11 Å². The van der Waals surface area contributed by atoms with Crippen molar-refractivity contribution in [2.24, 2.45) is 0 Å². The number of hydrogen-bond donors (Lipinski definition) is 1. The van der Waals surface area contributed by atoms with E-state index in [1.807, 2.05) is 24.3 Å². The van der Waals surface area contributed by atoms with Gasteiger partial charge in [-0.3, -0.25) is 9.80 Å². The number of aromatic nitrogens is 1. The van der Waals surface area contributed by atoms with Crippen molar-refractivity contribution in [2.45, 2.75) is 37.5 Å². The zero-order valence-electron chi connectivity index (χ0n) is 16.1. The summed E-state index contributed by atoms with van der Waals surface area (Å²) in [5.74, 6) is 0.694. The number of hydrogen-bond acceptors (Lipinski definition) is 5. The van der Waals surface area contributed by atoms with Crippen molar-refractivity contribution in [2.75, 3.05) is 33.3 Å². The van der Waals surface area contributed by atoms with E-state index >= 15 is 0 Å². The lowest BCUT2D eigenvalue weighted by Gasteiger charge is -2.48. The number of rotatable bonds is 5. The minimum atomic E-state index is -0.791. The predicted octanol–water partition coefficient (Wildman–Crippen LogP) is 2.65. The fourth-order valence-corrected chi connectivity index (χ4v) is 4.63. The molecule has 0 amide bonds. The van der Waals surface area contributed by atoms with Crippen LogP contribution in [0.25, 0.3) is 0 Å². The summed E-state index contributed by atoms with van der Waals surface area (Å²) in [4.78, 5) is 9.24. The van der Waals surface area contributed by atoms with Gasteiger partial charge in [-0.2, -0.15) is 0 Å². The summed E-state index contributed by atoms with van der Waals surface area (Å²) < 4.78 is 5.43. The average molecular weight is 367 g/mol.